The standard InChI is InChI=1S/C26H32N4O2/c1-29(21-11-3-2-4-12-21)18-20-10-5-7-14-23(20)28-25(31)16-9-17-30-19-27-24-15-8-6-13-22(24)26(30)32/h5-8,10,13-15,19,21H,2-4,9,11-12,16-18H2,1H3,(H,28,31). The van der Waals surface area contributed by atoms with Crippen LogP contribution in [0.3, 0.4) is 0 Å². The van der Waals surface area contributed by atoms with E-state index < -0.39 is 0 Å². The molecule has 32 heavy (non-hydrogen) atoms. The summed E-state index contributed by atoms with van der Waals surface area (Å²) >= 11 is 0. The van der Waals surface area contributed by atoms with E-state index in [2.05, 4.69) is 28.3 Å². The maximum Gasteiger partial charge on any atom is 0.261 e. The van der Waals surface area contributed by atoms with Crippen molar-refractivity contribution in [3.05, 3.63) is 70.8 Å². The van der Waals surface area contributed by atoms with E-state index in [0.717, 1.165) is 17.8 Å². The van der Waals surface area contributed by atoms with Gasteiger partial charge < -0.3 is 5.32 Å². The van der Waals surface area contributed by atoms with Crippen LogP contribution in [-0.2, 0) is 17.9 Å². The Bertz CT molecular complexity index is 1120. The Hall–Kier alpha value is -2.99. The van der Waals surface area contributed by atoms with Gasteiger partial charge in [-0.1, -0.05) is 49.6 Å². The third-order valence-corrected chi connectivity index (χ3v) is 6.44. The van der Waals surface area contributed by atoms with Gasteiger partial charge in [-0.05, 0) is 50.1 Å². The van der Waals surface area contributed by atoms with Crippen molar-refractivity contribution in [2.75, 3.05) is 12.4 Å². The molecule has 4 rings (SSSR count). The normalized spacial score (nSPS) is 14.7. The van der Waals surface area contributed by atoms with Crippen molar-refractivity contribution in [1.29, 1.82) is 0 Å². The second-order valence-corrected chi connectivity index (χ2v) is 8.78. The lowest BCUT2D eigenvalue weighted by Gasteiger charge is -2.31. The predicted molar refractivity (Wildman–Crippen MR) is 129 cm³/mol. The van der Waals surface area contributed by atoms with Crippen molar-refractivity contribution in [1.82, 2.24) is 14.5 Å². The molecule has 0 unspecified atom stereocenters. The number of nitrogens with zero attached hydrogens (tertiary/aromatic N) is 3. The summed E-state index contributed by atoms with van der Waals surface area (Å²) in [5.41, 5.74) is 2.65. The van der Waals surface area contributed by atoms with Gasteiger partial charge in [0.05, 0.1) is 17.2 Å². The molecule has 0 radical (unpaired) electrons. The zero-order chi connectivity index (χ0) is 22.3. The zero-order valence-corrected chi connectivity index (χ0v) is 18.8. The van der Waals surface area contributed by atoms with E-state index in [4.69, 9.17) is 0 Å². The van der Waals surface area contributed by atoms with Crippen LogP contribution in [0.25, 0.3) is 10.9 Å². The van der Waals surface area contributed by atoms with Crippen LogP contribution in [0.15, 0.2) is 59.7 Å². The summed E-state index contributed by atoms with van der Waals surface area (Å²) in [6.45, 7) is 1.30. The first-order chi connectivity index (χ1) is 15.6. The summed E-state index contributed by atoms with van der Waals surface area (Å²) in [5.74, 6) is -0.0282. The summed E-state index contributed by atoms with van der Waals surface area (Å²) in [5, 5.41) is 3.69. The molecular formula is C26H32N4O2. The summed E-state index contributed by atoms with van der Waals surface area (Å²) in [4.78, 5) is 32.0. The molecule has 6 nitrogen and oxygen atoms in total. The van der Waals surface area contributed by atoms with Crippen molar-refractivity contribution in [3.63, 3.8) is 0 Å². The molecule has 0 spiro atoms. The van der Waals surface area contributed by atoms with Gasteiger partial charge in [-0.25, -0.2) is 4.98 Å². The van der Waals surface area contributed by atoms with Gasteiger partial charge >= 0.3 is 0 Å². The SMILES string of the molecule is CN(Cc1ccccc1NC(=O)CCCn1cnc2ccccc2c1=O)C1CCCCC1. The number of fused-ring (bicyclic) bond motifs is 1. The molecule has 6 heteroatoms. The summed E-state index contributed by atoms with van der Waals surface area (Å²) < 4.78 is 1.59. The first-order valence-electron chi connectivity index (χ1n) is 11.6. The maximum atomic E-state index is 12.6. The van der Waals surface area contributed by atoms with Gasteiger partial charge in [0, 0.05) is 31.2 Å². The van der Waals surface area contributed by atoms with Crippen LogP contribution in [0.2, 0.25) is 0 Å². The van der Waals surface area contributed by atoms with E-state index >= 15 is 0 Å². The number of anilines is 1. The molecule has 1 fully saturated rings. The van der Waals surface area contributed by atoms with Gasteiger partial charge in [0.25, 0.3) is 5.56 Å². The van der Waals surface area contributed by atoms with Crippen LogP contribution < -0.4 is 10.9 Å². The Morgan fingerprint density at radius 2 is 1.84 bits per heavy atom. The van der Waals surface area contributed by atoms with Crippen molar-refractivity contribution >= 4 is 22.5 Å². The first-order valence-corrected chi connectivity index (χ1v) is 11.6. The molecule has 2 aromatic carbocycles. The molecule has 1 aliphatic rings. The number of amides is 1. The van der Waals surface area contributed by atoms with Crippen molar-refractivity contribution in [2.45, 2.75) is 64.1 Å². The van der Waals surface area contributed by atoms with Gasteiger partial charge in [0.1, 0.15) is 0 Å². The van der Waals surface area contributed by atoms with Crippen LogP contribution >= 0.6 is 0 Å². The third kappa shape index (κ3) is 5.43. The number of carbonyl (C=O) groups excluding carboxylic acids is 1. The zero-order valence-electron chi connectivity index (χ0n) is 18.8. The van der Waals surface area contributed by atoms with Gasteiger partial charge in [-0.15, -0.1) is 0 Å². The Labute approximate surface area is 189 Å². The smallest absolute Gasteiger partial charge is 0.261 e. The van der Waals surface area contributed by atoms with E-state index in [0.29, 0.717) is 36.3 Å². The number of aromatic nitrogens is 2. The fraction of sp³-hybridized carbons (Fsp3) is 0.423. The lowest BCUT2D eigenvalue weighted by atomic mass is 9.94. The average molecular weight is 433 g/mol. The highest BCUT2D eigenvalue weighted by Gasteiger charge is 2.19. The molecule has 168 valence electrons. The van der Waals surface area contributed by atoms with Gasteiger partial charge in [0.15, 0.2) is 0 Å². The minimum absolute atomic E-state index is 0.0282. The van der Waals surface area contributed by atoms with E-state index in [9.17, 15) is 9.59 Å². The summed E-state index contributed by atoms with van der Waals surface area (Å²) in [6, 6.07) is 16.0. The number of benzene rings is 2. The van der Waals surface area contributed by atoms with Crippen LogP contribution in [0.1, 0.15) is 50.5 Å². The Morgan fingerprint density at radius 3 is 2.69 bits per heavy atom. The number of hydrogen-bond acceptors (Lipinski definition) is 4. The number of para-hydroxylation sites is 2. The Balaban J connectivity index is 1.32. The lowest BCUT2D eigenvalue weighted by Crippen LogP contribution is -2.33. The minimum Gasteiger partial charge on any atom is -0.326 e. The highest BCUT2D eigenvalue weighted by molar-refractivity contribution is 5.91. The van der Waals surface area contributed by atoms with E-state index in [-0.39, 0.29) is 11.5 Å². The molecule has 3 aromatic rings. The summed E-state index contributed by atoms with van der Waals surface area (Å²) in [7, 11) is 2.18. The third-order valence-electron chi connectivity index (χ3n) is 6.44. The molecule has 0 aliphatic heterocycles. The largest absolute Gasteiger partial charge is 0.326 e. The van der Waals surface area contributed by atoms with Crippen LogP contribution in [0, 0.1) is 0 Å². The number of nitrogens with one attached hydrogen (secondary N) is 1. The van der Waals surface area contributed by atoms with E-state index in [1.54, 1.807) is 17.0 Å². The molecular weight excluding hydrogens is 400 g/mol. The van der Waals surface area contributed by atoms with Crippen LogP contribution in [0.5, 0.6) is 0 Å². The summed E-state index contributed by atoms with van der Waals surface area (Å²) in [6.07, 6.45) is 8.98. The number of rotatable bonds is 8. The van der Waals surface area contributed by atoms with E-state index in [1.807, 2.05) is 36.4 Å². The monoisotopic (exact) mass is 432 g/mol. The molecule has 1 aromatic heterocycles. The second-order valence-electron chi connectivity index (χ2n) is 8.78. The molecule has 0 bridgehead atoms. The van der Waals surface area contributed by atoms with Crippen LogP contribution in [-0.4, -0.2) is 33.4 Å². The molecule has 0 atom stereocenters. The van der Waals surface area contributed by atoms with Crippen LogP contribution in [0.4, 0.5) is 5.69 Å². The molecule has 1 aliphatic carbocycles. The quantitative estimate of drug-likeness (QED) is 0.566. The second kappa shape index (κ2) is 10.6. The minimum atomic E-state index is -0.0629. The Morgan fingerprint density at radius 1 is 1.09 bits per heavy atom. The molecule has 1 N–H and O–H groups in total. The lowest BCUT2D eigenvalue weighted by molar-refractivity contribution is -0.116. The van der Waals surface area contributed by atoms with Crippen molar-refractivity contribution < 1.29 is 4.79 Å². The first kappa shape index (κ1) is 22.2. The molecule has 1 heterocycles. The van der Waals surface area contributed by atoms with Crippen molar-refractivity contribution in [3.8, 4) is 0 Å². The fourth-order valence-electron chi connectivity index (χ4n) is 4.59. The predicted octanol–water partition coefficient (Wildman–Crippen LogP) is 4.58. The highest BCUT2D eigenvalue weighted by Crippen LogP contribution is 2.25. The van der Waals surface area contributed by atoms with Gasteiger partial charge in [-0.3, -0.25) is 19.1 Å². The van der Waals surface area contributed by atoms with Crippen molar-refractivity contribution in [2.24, 2.45) is 0 Å². The van der Waals surface area contributed by atoms with E-state index in [1.165, 1.54) is 32.1 Å². The number of hydrogen-bond donors (Lipinski definition) is 1. The van der Waals surface area contributed by atoms with Gasteiger partial charge in [0.2, 0.25) is 5.91 Å². The number of carbonyl (C=O) groups is 1. The maximum absolute atomic E-state index is 12.6. The topological polar surface area (TPSA) is 67.2 Å². The Kier molecular flexibility index (Phi) is 7.32. The highest BCUT2D eigenvalue weighted by atomic mass is 16.1. The van der Waals surface area contributed by atoms with Gasteiger partial charge in [-0.2, -0.15) is 0 Å². The number of aryl methyl sites for hydroxylation is 1. The molecule has 1 amide bonds. The fourth-order valence-corrected chi connectivity index (χ4v) is 4.59. The molecule has 1 saturated carbocycles. The average Bonchev–Trinajstić information content (AvgIpc) is 2.82. The molecule has 0 saturated heterocycles.